The average molecular weight is 285 g/mol. The molecule has 0 aliphatic carbocycles. The van der Waals surface area contributed by atoms with Crippen molar-refractivity contribution in [3.63, 3.8) is 0 Å². The van der Waals surface area contributed by atoms with E-state index in [0.29, 0.717) is 13.2 Å². The molecule has 0 saturated carbocycles. The van der Waals surface area contributed by atoms with Gasteiger partial charge in [-0.1, -0.05) is 41.5 Å². The first-order valence-corrected chi connectivity index (χ1v) is 6.21. The first-order valence-electron chi connectivity index (χ1n) is 5.57. The van der Waals surface area contributed by atoms with E-state index < -0.39 is 18.3 Å². The molecule has 6 heteroatoms. The minimum absolute atomic E-state index is 0.417. The van der Waals surface area contributed by atoms with Crippen molar-refractivity contribution >= 4 is 0 Å². The van der Waals surface area contributed by atoms with Crippen molar-refractivity contribution in [3.8, 4) is 0 Å². The van der Waals surface area contributed by atoms with Crippen LogP contribution in [0.3, 0.4) is 0 Å². The van der Waals surface area contributed by atoms with Crippen molar-refractivity contribution in [2.75, 3.05) is 13.2 Å². The predicted molar refractivity (Wildman–Crippen MR) is 60.4 cm³/mol. The molecule has 0 aliphatic rings. The Morgan fingerprint density at radius 2 is 1.06 bits per heavy atom. The third kappa shape index (κ3) is 550. The second-order valence-electron chi connectivity index (χ2n) is 3.78. The standard InChI is InChI=1S/3C3H7O.C2H6NO.Ti/c3*1-3(2)4;3-1-2-4;/h3*3H,1-2H3;1-3H2;/q4*-1;+4. The van der Waals surface area contributed by atoms with Crippen LogP contribution in [0.4, 0.5) is 0 Å². The summed E-state index contributed by atoms with van der Waals surface area (Å²) in [6.45, 7) is 11.0. The SMILES string of the molecule is CC(C)[O-].CC(C)[O-].CC(C)[O-].NCC[O][Ti+3]. The van der Waals surface area contributed by atoms with Crippen molar-refractivity contribution in [2.45, 2.75) is 59.9 Å². The van der Waals surface area contributed by atoms with E-state index in [-0.39, 0.29) is 0 Å². The van der Waals surface area contributed by atoms with Gasteiger partial charge in [-0.25, -0.2) is 0 Å². The summed E-state index contributed by atoms with van der Waals surface area (Å²) in [6, 6.07) is 0. The minimum atomic E-state index is -0.417. The number of rotatable bonds is 2. The Labute approximate surface area is 118 Å². The molecule has 0 saturated heterocycles. The molecule has 0 aromatic heterocycles. The molecule has 0 spiro atoms. The van der Waals surface area contributed by atoms with Gasteiger partial charge >= 0.3 is 43.0 Å². The van der Waals surface area contributed by atoms with Crippen LogP contribution >= 0.6 is 0 Å². The van der Waals surface area contributed by atoms with Crippen LogP contribution in [0.25, 0.3) is 0 Å². The summed E-state index contributed by atoms with van der Waals surface area (Å²) in [6.07, 6.45) is -1.25. The normalized spacial score (nSPS) is 8.88. The zero-order valence-electron chi connectivity index (χ0n) is 11.9. The molecule has 0 atom stereocenters. The van der Waals surface area contributed by atoms with Crippen LogP contribution in [-0.2, 0) is 24.1 Å². The Kier molecular flexibility index (Phi) is 39.0. The molecule has 0 bridgehead atoms. The van der Waals surface area contributed by atoms with E-state index in [1.54, 1.807) is 62.4 Å². The van der Waals surface area contributed by atoms with Crippen LogP contribution in [0.15, 0.2) is 0 Å². The van der Waals surface area contributed by atoms with Gasteiger partial charge in [0.1, 0.15) is 0 Å². The summed E-state index contributed by atoms with van der Waals surface area (Å²) >= 11 is 1.63. The van der Waals surface area contributed by atoms with Gasteiger partial charge in [-0.15, -0.1) is 18.3 Å². The van der Waals surface area contributed by atoms with E-state index in [0.717, 1.165) is 0 Å². The van der Waals surface area contributed by atoms with Gasteiger partial charge in [0, 0.05) is 0 Å². The first kappa shape index (κ1) is 26.2. The molecule has 0 aromatic rings. The second-order valence-corrected chi connectivity index (χ2v) is 4.23. The Balaban J connectivity index is -0.0000000667. The first-order chi connectivity index (χ1) is 7.61. The monoisotopic (exact) mass is 285 g/mol. The molecule has 0 radical (unpaired) electrons. The van der Waals surface area contributed by atoms with Crippen LogP contribution in [-0.4, -0.2) is 31.5 Å². The zero-order chi connectivity index (χ0) is 14.9. The maximum absolute atomic E-state index is 9.53. The Hall–Kier alpha value is 0.514. The van der Waals surface area contributed by atoms with Gasteiger partial charge in [-0.2, -0.15) is 0 Å². The molecule has 17 heavy (non-hydrogen) atoms. The summed E-state index contributed by atoms with van der Waals surface area (Å²) in [4.78, 5) is 0. The van der Waals surface area contributed by atoms with Gasteiger partial charge in [0.25, 0.3) is 0 Å². The van der Waals surface area contributed by atoms with Crippen molar-refractivity contribution < 1.29 is 39.5 Å². The molecular weight excluding hydrogens is 258 g/mol. The van der Waals surface area contributed by atoms with Crippen LogP contribution < -0.4 is 21.1 Å². The van der Waals surface area contributed by atoms with E-state index >= 15 is 0 Å². The number of nitrogens with two attached hydrogens (primary N) is 1. The van der Waals surface area contributed by atoms with Gasteiger partial charge in [-0.05, 0) is 0 Å². The van der Waals surface area contributed by atoms with E-state index in [1.807, 2.05) is 0 Å². The summed E-state index contributed by atoms with van der Waals surface area (Å²) < 4.78 is 4.57. The molecule has 0 amide bonds. The second kappa shape index (κ2) is 25.4. The fourth-order valence-corrected chi connectivity index (χ4v) is 0.243. The molecule has 0 rings (SSSR count). The maximum atomic E-state index is 9.53. The van der Waals surface area contributed by atoms with Crippen LogP contribution in [0, 0.1) is 0 Å². The molecule has 0 unspecified atom stereocenters. The molecule has 2 N–H and O–H groups in total. The fraction of sp³-hybridized carbons (Fsp3) is 1.00. The molecule has 0 aromatic carbocycles. The van der Waals surface area contributed by atoms with Crippen LogP contribution in [0.1, 0.15) is 41.5 Å². The van der Waals surface area contributed by atoms with Crippen molar-refractivity contribution in [1.29, 1.82) is 0 Å². The summed E-state index contributed by atoms with van der Waals surface area (Å²) in [5.41, 5.74) is 5.01. The van der Waals surface area contributed by atoms with Crippen molar-refractivity contribution in [3.05, 3.63) is 0 Å². The van der Waals surface area contributed by atoms with E-state index in [4.69, 9.17) is 5.73 Å². The summed E-state index contributed by atoms with van der Waals surface area (Å²) in [7, 11) is 0. The third-order valence-corrected chi connectivity index (χ3v) is 0.539. The topological polar surface area (TPSA) is 104 Å². The Bertz CT molecular complexity index is 78.9. The molecule has 104 valence electrons. The summed E-state index contributed by atoms with van der Waals surface area (Å²) in [5, 5.41) is 28.6. The average Bonchev–Trinajstić information content (AvgIpc) is 2.01. The molecule has 0 fully saturated rings. The van der Waals surface area contributed by atoms with E-state index in [1.165, 1.54) is 0 Å². The predicted octanol–water partition coefficient (Wildman–Crippen LogP) is -1.31. The van der Waals surface area contributed by atoms with Crippen LogP contribution in [0.5, 0.6) is 0 Å². The molecular formula is C11H27NO4Ti. The fourth-order valence-electron chi connectivity index (χ4n) is 0.0589. The van der Waals surface area contributed by atoms with Gasteiger partial charge in [-0.3, -0.25) is 0 Å². The number of hydrogen-bond donors (Lipinski definition) is 1. The molecule has 5 nitrogen and oxygen atoms in total. The Morgan fingerprint density at radius 3 is 1.06 bits per heavy atom. The van der Waals surface area contributed by atoms with Gasteiger partial charge < -0.3 is 15.3 Å². The Morgan fingerprint density at radius 1 is 0.882 bits per heavy atom. The quantitative estimate of drug-likeness (QED) is 0.634. The third-order valence-electron chi connectivity index (χ3n) is 0.220. The molecule has 0 heterocycles. The van der Waals surface area contributed by atoms with Gasteiger partial charge in [0.2, 0.25) is 0 Å². The van der Waals surface area contributed by atoms with Crippen molar-refractivity contribution in [2.24, 2.45) is 5.73 Å². The van der Waals surface area contributed by atoms with E-state index in [9.17, 15) is 15.3 Å². The van der Waals surface area contributed by atoms with Gasteiger partial charge in [0.05, 0.1) is 0 Å². The number of hydrogen-bond acceptors (Lipinski definition) is 5. The van der Waals surface area contributed by atoms with E-state index in [2.05, 4.69) is 3.32 Å². The molecule has 0 aliphatic heterocycles. The van der Waals surface area contributed by atoms with Crippen molar-refractivity contribution in [1.82, 2.24) is 0 Å². The van der Waals surface area contributed by atoms with Gasteiger partial charge in [0.15, 0.2) is 0 Å². The van der Waals surface area contributed by atoms with Crippen LogP contribution in [0.2, 0.25) is 0 Å². The summed E-state index contributed by atoms with van der Waals surface area (Å²) in [5.74, 6) is 0. The zero-order valence-corrected chi connectivity index (χ0v) is 13.4.